The van der Waals surface area contributed by atoms with Crippen LogP contribution in [-0.2, 0) is 10.0 Å². The molecule has 2 aliphatic rings. The maximum Gasteiger partial charge on any atom is 0.243 e. The number of carbonyl (C=O) groups is 1. The Bertz CT molecular complexity index is 1070. The lowest BCUT2D eigenvalue weighted by Gasteiger charge is -2.43. The largest absolute Gasteiger partial charge is 0.496 e. The van der Waals surface area contributed by atoms with Crippen molar-refractivity contribution < 1.29 is 22.7 Å². The van der Waals surface area contributed by atoms with Gasteiger partial charge in [-0.1, -0.05) is 11.6 Å². The van der Waals surface area contributed by atoms with Crippen LogP contribution in [0.5, 0.6) is 11.5 Å². The van der Waals surface area contributed by atoms with E-state index in [1.807, 2.05) is 6.92 Å². The van der Waals surface area contributed by atoms with Crippen LogP contribution in [0.25, 0.3) is 0 Å². The molecule has 1 spiro atoms. The summed E-state index contributed by atoms with van der Waals surface area (Å²) in [6.07, 6.45) is 1.14. The topological polar surface area (TPSA) is 72.9 Å². The predicted octanol–water partition coefficient (Wildman–Crippen LogP) is 3.85. The van der Waals surface area contributed by atoms with Gasteiger partial charge in [0.15, 0.2) is 5.78 Å². The molecular weight excluding hydrogens is 414 g/mol. The van der Waals surface area contributed by atoms with Crippen molar-refractivity contribution in [1.82, 2.24) is 4.31 Å². The second-order valence-corrected chi connectivity index (χ2v) is 9.94. The lowest BCUT2D eigenvalue weighted by Crippen LogP contribution is -2.52. The minimum atomic E-state index is -3.62. The number of sulfonamides is 1. The highest BCUT2D eigenvalue weighted by Crippen LogP contribution is 2.41. The van der Waals surface area contributed by atoms with Crippen molar-refractivity contribution in [3.8, 4) is 11.5 Å². The van der Waals surface area contributed by atoms with Crippen molar-refractivity contribution in [3.63, 3.8) is 0 Å². The van der Waals surface area contributed by atoms with E-state index in [1.54, 1.807) is 43.5 Å². The first-order valence-corrected chi connectivity index (χ1v) is 11.2. The molecule has 2 heterocycles. The van der Waals surface area contributed by atoms with Crippen LogP contribution >= 0.6 is 11.6 Å². The Morgan fingerprint density at radius 2 is 1.86 bits per heavy atom. The number of carbonyl (C=O) groups excluding carboxylic acids is 1. The Kier molecular flexibility index (Phi) is 5.09. The average Bonchev–Trinajstić information content (AvgIpc) is 2.69. The molecule has 0 N–H and O–H groups in total. The van der Waals surface area contributed by atoms with Gasteiger partial charge in [-0.05, 0) is 48.9 Å². The maximum atomic E-state index is 13.1. The first kappa shape index (κ1) is 20.2. The molecule has 2 aromatic rings. The Morgan fingerprint density at radius 1 is 1.14 bits per heavy atom. The van der Waals surface area contributed by atoms with E-state index in [2.05, 4.69) is 0 Å². The Balaban J connectivity index is 1.53. The van der Waals surface area contributed by atoms with E-state index in [9.17, 15) is 13.2 Å². The summed E-state index contributed by atoms with van der Waals surface area (Å²) in [5.41, 5.74) is 0.588. The van der Waals surface area contributed by atoms with Crippen LogP contribution in [0.15, 0.2) is 41.3 Å². The van der Waals surface area contributed by atoms with Crippen LogP contribution in [0.2, 0.25) is 5.02 Å². The van der Waals surface area contributed by atoms with Gasteiger partial charge in [-0.15, -0.1) is 0 Å². The molecule has 29 heavy (non-hydrogen) atoms. The van der Waals surface area contributed by atoms with Gasteiger partial charge in [-0.2, -0.15) is 4.31 Å². The molecule has 4 rings (SSSR count). The summed E-state index contributed by atoms with van der Waals surface area (Å²) in [6.45, 7) is 2.40. The fourth-order valence-electron chi connectivity index (χ4n) is 4.04. The van der Waals surface area contributed by atoms with Crippen LogP contribution in [-0.4, -0.2) is 44.3 Å². The molecule has 2 aliphatic heterocycles. The molecule has 1 saturated heterocycles. The number of hydrogen-bond acceptors (Lipinski definition) is 5. The number of ketones is 1. The molecule has 0 bridgehead atoms. The zero-order valence-corrected chi connectivity index (χ0v) is 17.8. The first-order chi connectivity index (χ1) is 13.7. The zero-order valence-electron chi connectivity index (χ0n) is 16.3. The number of fused-ring (bicyclic) bond motifs is 1. The third-order valence-corrected chi connectivity index (χ3v) is 7.82. The molecule has 6 nitrogen and oxygen atoms in total. The molecule has 0 radical (unpaired) electrons. The van der Waals surface area contributed by atoms with Gasteiger partial charge >= 0.3 is 0 Å². The van der Waals surface area contributed by atoms with Gasteiger partial charge in [-0.25, -0.2) is 8.42 Å². The van der Waals surface area contributed by atoms with E-state index in [1.165, 1.54) is 4.31 Å². The predicted molar refractivity (Wildman–Crippen MR) is 109 cm³/mol. The Hall–Kier alpha value is -2.09. The fraction of sp³-hybridized carbons (Fsp3) is 0.381. The molecular formula is C21H22ClNO5S. The number of methoxy groups -OCH3 is 1. The summed E-state index contributed by atoms with van der Waals surface area (Å²) < 4.78 is 39.0. The Labute approximate surface area is 175 Å². The fourth-order valence-corrected chi connectivity index (χ4v) is 5.74. The highest BCUT2D eigenvalue weighted by molar-refractivity contribution is 7.89. The first-order valence-electron chi connectivity index (χ1n) is 9.41. The molecule has 154 valence electrons. The van der Waals surface area contributed by atoms with Crippen molar-refractivity contribution >= 4 is 27.4 Å². The summed E-state index contributed by atoms with van der Waals surface area (Å²) in [6, 6.07) is 9.87. The number of aryl methyl sites for hydroxylation is 1. The van der Waals surface area contributed by atoms with Gasteiger partial charge in [0.05, 0.1) is 24.0 Å². The average molecular weight is 436 g/mol. The van der Waals surface area contributed by atoms with Crippen LogP contribution < -0.4 is 9.47 Å². The number of ether oxygens (including phenoxy) is 2. The molecule has 8 heteroatoms. The number of rotatable bonds is 3. The van der Waals surface area contributed by atoms with Gasteiger partial charge in [0.25, 0.3) is 0 Å². The number of piperidine rings is 1. The minimum Gasteiger partial charge on any atom is -0.496 e. The molecule has 0 amide bonds. The van der Waals surface area contributed by atoms with Crippen molar-refractivity contribution in [2.45, 2.75) is 36.7 Å². The second-order valence-electron chi connectivity index (χ2n) is 7.56. The smallest absolute Gasteiger partial charge is 0.243 e. The normalized spacial score (nSPS) is 18.9. The minimum absolute atomic E-state index is 0.0177. The molecule has 0 saturated carbocycles. The highest BCUT2D eigenvalue weighted by Gasteiger charge is 2.45. The molecule has 0 aromatic heterocycles. The second kappa shape index (κ2) is 7.31. The number of Topliss-reactive ketones (excluding diaryl/α,β-unsaturated/α-hetero) is 1. The zero-order chi connectivity index (χ0) is 20.8. The number of halogens is 1. The van der Waals surface area contributed by atoms with E-state index >= 15 is 0 Å². The van der Waals surface area contributed by atoms with Gasteiger partial charge in [0, 0.05) is 31.0 Å². The third-order valence-electron chi connectivity index (χ3n) is 5.69. The monoisotopic (exact) mass is 435 g/mol. The van der Waals surface area contributed by atoms with Gasteiger partial charge in [0.2, 0.25) is 10.0 Å². The van der Waals surface area contributed by atoms with Crippen molar-refractivity contribution in [2.75, 3.05) is 20.2 Å². The summed E-state index contributed by atoms with van der Waals surface area (Å²) in [4.78, 5) is 12.9. The highest BCUT2D eigenvalue weighted by atomic mass is 35.5. The number of benzene rings is 2. The quantitative estimate of drug-likeness (QED) is 0.732. The maximum absolute atomic E-state index is 13.1. The van der Waals surface area contributed by atoms with Crippen LogP contribution in [0.3, 0.4) is 0 Å². The van der Waals surface area contributed by atoms with Crippen LogP contribution in [0.4, 0.5) is 0 Å². The number of hydrogen-bond donors (Lipinski definition) is 0. The summed E-state index contributed by atoms with van der Waals surface area (Å²) in [5, 5.41) is 0.493. The van der Waals surface area contributed by atoms with Gasteiger partial charge in [-0.3, -0.25) is 4.79 Å². The van der Waals surface area contributed by atoms with Gasteiger partial charge in [0.1, 0.15) is 17.1 Å². The molecule has 0 aliphatic carbocycles. The van der Waals surface area contributed by atoms with E-state index in [0.717, 1.165) is 5.56 Å². The SMILES string of the molecule is COc1ccc(S(=O)(=O)N2CCC3(CC2)CC(=O)c2cc(Cl)ccc2O3)cc1C. The van der Waals surface area contributed by atoms with E-state index in [4.69, 9.17) is 21.1 Å². The summed E-state index contributed by atoms with van der Waals surface area (Å²) >= 11 is 5.99. The van der Waals surface area contributed by atoms with E-state index < -0.39 is 15.6 Å². The number of nitrogens with zero attached hydrogens (tertiary/aromatic N) is 1. The van der Waals surface area contributed by atoms with Crippen LogP contribution in [0.1, 0.15) is 35.2 Å². The van der Waals surface area contributed by atoms with Crippen LogP contribution in [0, 0.1) is 6.92 Å². The summed E-state index contributed by atoms with van der Waals surface area (Å²) in [7, 11) is -2.07. The van der Waals surface area contributed by atoms with E-state index in [0.29, 0.717) is 48.0 Å². The molecule has 0 unspecified atom stereocenters. The summed E-state index contributed by atoms with van der Waals surface area (Å²) in [5.74, 6) is 1.15. The molecule has 2 aromatic carbocycles. The molecule has 1 fully saturated rings. The van der Waals surface area contributed by atoms with Gasteiger partial charge < -0.3 is 9.47 Å². The van der Waals surface area contributed by atoms with Crippen molar-refractivity contribution in [2.24, 2.45) is 0 Å². The third kappa shape index (κ3) is 3.63. The molecule has 0 atom stereocenters. The lowest BCUT2D eigenvalue weighted by molar-refractivity contribution is 0.00591. The van der Waals surface area contributed by atoms with E-state index in [-0.39, 0.29) is 17.1 Å². The van der Waals surface area contributed by atoms with Crippen molar-refractivity contribution in [3.05, 3.63) is 52.5 Å². The standard InChI is InChI=1S/C21H22ClNO5S/c1-14-11-16(4-6-19(14)27-2)29(25,26)23-9-7-21(8-10-23)13-18(24)17-12-15(22)3-5-20(17)28-21/h3-6,11-12H,7-10,13H2,1-2H3. The van der Waals surface area contributed by atoms with Crippen molar-refractivity contribution in [1.29, 1.82) is 0 Å². The lowest BCUT2D eigenvalue weighted by atomic mass is 9.83. The Morgan fingerprint density at radius 3 is 2.52 bits per heavy atom.